The number of rotatable bonds is 6. The van der Waals surface area contributed by atoms with E-state index in [4.69, 9.17) is 10.8 Å². The Kier molecular flexibility index (Phi) is 4.30. The number of hydrogen-bond acceptors (Lipinski definition) is 5. The summed E-state index contributed by atoms with van der Waals surface area (Å²) in [6.45, 7) is 0. The second kappa shape index (κ2) is 5.86. The molecule has 0 spiro atoms. The summed E-state index contributed by atoms with van der Waals surface area (Å²) < 4.78 is 25.5. The number of nitrogens with two attached hydrogens (primary N) is 1. The molecule has 1 atom stereocenters. The van der Waals surface area contributed by atoms with E-state index in [0.29, 0.717) is 10.8 Å². The van der Waals surface area contributed by atoms with E-state index >= 15 is 0 Å². The van der Waals surface area contributed by atoms with Crippen LogP contribution < -0.4 is 5.73 Å². The largest absolute Gasteiger partial charge is 0.481 e. The molecule has 6 nitrogen and oxygen atoms in total. The Labute approximate surface area is 127 Å². The number of carboxylic acid groups (broad SMARTS) is 1. The number of carbonyl (C=O) groups excluding carboxylic acids is 1. The van der Waals surface area contributed by atoms with Crippen molar-refractivity contribution < 1.29 is 23.1 Å². The SMILES string of the molecule is N[C@@](C=O)(CCC(=O)O)S(=O)(=O)c1cccc2ccccc12. The van der Waals surface area contributed by atoms with Crippen molar-refractivity contribution in [2.45, 2.75) is 22.6 Å². The van der Waals surface area contributed by atoms with E-state index < -0.39 is 33.5 Å². The first-order valence-corrected chi connectivity index (χ1v) is 7.99. The van der Waals surface area contributed by atoms with Gasteiger partial charge < -0.3 is 15.6 Å². The van der Waals surface area contributed by atoms with Crippen LogP contribution in [0.4, 0.5) is 0 Å². The van der Waals surface area contributed by atoms with Gasteiger partial charge in [0.05, 0.1) is 4.90 Å². The summed E-state index contributed by atoms with van der Waals surface area (Å²) in [5.41, 5.74) is 5.73. The van der Waals surface area contributed by atoms with Gasteiger partial charge in [-0.25, -0.2) is 8.42 Å². The summed E-state index contributed by atoms with van der Waals surface area (Å²) >= 11 is 0. The van der Waals surface area contributed by atoms with E-state index in [2.05, 4.69) is 0 Å². The Balaban J connectivity index is 2.60. The number of carboxylic acids is 1. The molecule has 0 heterocycles. The zero-order valence-electron chi connectivity index (χ0n) is 11.6. The van der Waals surface area contributed by atoms with Gasteiger partial charge in [-0.2, -0.15) is 0 Å². The average Bonchev–Trinajstić information content (AvgIpc) is 2.51. The predicted octanol–water partition coefficient (Wildman–Crippen LogP) is 1.33. The van der Waals surface area contributed by atoms with Gasteiger partial charge >= 0.3 is 5.97 Å². The number of aliphatic carboxylic acids is 1. The lowest BCUT2D eigenvalue weighted by Gasteiger charge is -2.23. The molecule has 2 aromatic carbocycles. The van der Waals surface area contributed by atoms with Gasteiger partial charge in [0.2, 0.25) is 9.84 Å². The lowest BCUT2D eigenvalue weighted by molar-refractivity contribution is -0.137. The Bertz CT molecular complexity index is 825. The topological polar surface area (TPSA) is 115 Å². The van der Waals surface area contributed by atoms with E-state index in [1.165, 1.54) is 6.07 Å². The zero-order chi connectivity index (χ0) is 16.4. The molecule has 2 aromatic rings. The summed E-state index contributed by atoms with van der Waals surface area (Å²) in [4.78, 5) is 19.6. The minimum Gasteiger partial charge on any atom is -0.481 e. The first-order valence-electron chi connectivity index (χ1n) is 6.51. The Hall–Kier alpha value is -2.25. The van der Waals surface area contributed by atoms with Crippen LogP contribution in [0, 0.1) is 0 Å². The third kappa shape index (κ3) is 2.72. The quantitative estimate of drug-likeness (QED) is 0.776. The van der Waals surface area contributed by atoms with Crippen molar-refractivity contribution in [3.05, 3.63) is 42.5 Å². The minimum absolute atomic E-state index is 0.0782. The number of sulfone groups is 1. The molecule has 0 bridgehead atoms. The molecule has 0 fully saturated rings. The van der Waals surface area contributed by atoms with Crippen LogP contribution >= 0.6 is 0 Å². The summed E-state index contributed by atoms with van der Waals surface area (Å²) in [7, 11) is -4.23. The molecule has 0 aliphatic heterocycles. The Morgan fingerprint density at radius 2 is 1.82 bits per heavy atom. The van der Waals surface area contributed by atoms with Crippen molar-refractivity contribution in [2.24, 2.45) is 5.73 Å². The fourth-order valence-electron chi connectivity index (χ4n) is 2.19. The van der Waals surface area contributed by atoms with Crippen LogP contribution in [0.2, 0.25) is 0 Å². The molecule has 2 rings (SSSR count). The van der Waals surface area contributed by atoms with Crippen LogP contribution in [-0.4, -0.2) is 30.7 Å². The molecule has 0 radical (unpaired) electrons. The van der Waals surface area contributed by atoms with Crippen LogP contribution in [0.5, 0.6) is 0 Å². The molecule has 0 saturated carbocycles. The van der Waals surface area contributed by atoms with Gasteiger partial charge in [-0.15, -0.1) is 0 Å². The zero-order valence-corrected chi connectivity index (χ0v) is 12.4. The summed E-state index contributed by atoms with van der Waals surface area (Å²) in [5, 5.41) is 9.85. The Morgan fingerprint density at radius 1 is 1.18 bits per heavy atom. The molecule has 7 heteroatoms. The van der Waals surface area contributed by atoms with Gasteiger partial charge in [0.15, 0.2) is 11.2 Å². The highest BCUT2D eigenvalue weighted by atomic mass is 32.2. The molecule has 0 aliphatic rings. The maximum atomic E-state index is 12.8. The number of carbonyl (C=O) groups is 2. The Morgan fingerprint density at radius 3 is 2.45 bits per heavy atom. The molecule has 0 aliphatic carbocycles. The summed E-state index contributed by atoms with van der Waals surface area (Å²) in [6.07, 6.45) is -0.899. The van der Waals surface area contributed by atoms with Crippen molar-refractivity contribution in [1.82, 2.24) is 0 Å². The maximum Gasteiger partial charge on any atom is 0.303 e. The lowest BCUT2D eigenvalue weighted by Crippen LogP contribution is -2.49. The van der Waals surface area contributed by atoms with Crippen LogP contribution in [0.15, 0.2) is 47.4 Å². The highest BCUT2D eigenvalue weighted by molar-refractivity contribution is 7.93. The second-order valence-corrected chi connectivity index (χ2v) is 7.15. The van der Waals surface area contributed by atoms with Crippen molar-refractivity contribution in [1.29, 1.82) is 0 Å². The standard InChI is InChI=1S/C15H15NO5S/c16-15(10-17,9-8-14(18)19)22(20,21)13-7-3-5-11-4-1-2-6-12(11)13/h1-7,10H,8-9,16H2,(H,18,19)/t15-/m0/s1. The number of aldehydes is 1. The van der Waals surface area contributed by atoms with Gasteiger partial charge in [0.25, 0.3) is 0 Å². The van der Waals surface area contributed by atoms with E-state index in [9.17, 15) is 18.0 Å². The van der Waals surface area contributed by atoms with Gasteiger partial charge in [0.1, 0.15) is 0 Å². The monoisotopic (exact) mass is 321 g/mol. The lowest BCUT2D eigenvalue weighted by atomic mass is 10.1. The van der Waals surface area contributed by atoms with E-state index in [1.807, 2.05) is 0 Å². The molecule has 0 aromatic heterocycles. The highest BCUT2D eigenvalue weighted by Gasteiger charge is 2.42. The number of fused-ring (bicyclic) bond motifs is 1. The van der Waals surface area contributed by atoms with Crippen molar-refractivity contribution in [3.63, 3.8) is 0 Å². The first kappa shape index (κ1) is 16.1. The number of hydrogen-bond donors (Lipinski definition) is 2. The normalized spacial score (nSPS) is 14.4. The van der Waals surface area contributed by atoms with Gasteiger partial charge in [-0.05, 0) is 17.9 Å². The van der Waals surface area contributed by atoms with E-state index in [1.54, 1.807) is 36.4 Å². The maximum absolute atomic E-state index is 12.8. The second-order valence-electron chi connectivity index (χ2n) is 4.95. The average molecular weight is 321 g/mol. The summed E-state index contributed by atoms with van der Waals surface area (Å²) in [6, 6.07) is 11.5. The van der Waals surface area contributed by atoms with Gasteiger partial charge in [-0.1, -0.05) is 36.4 Å². The van der Waals surface area contributed by atoms with E-state index in [0.717, 1.165) is 0 Å². The summed E-state index contributed by atoms with van der Waals surface area (Å²) in [5.74, 6) is -1.22. The van der Waals surface area contributed by atoms with Gasteiger partial charge in [0, 0.05) is 11.8 Å². The smallest absolute Gasteiger partial charge is 0.303 e. The third-order valence-electron chi connectivity index (χ3n) is 3.47. The fourth-order valence-corrected chi connectivity index (χ4v) is 3.83. The highest BCUT2D eigenvalue weighted by Crippen LogP contribution is 2.30. The van der Waals surface area contributed by atoms with Crippen LogP contribution in [0.1, 0.15) is 12.8 Å². The molecule has 0 amide bonds. The van der Waals surface area contributed by atoms with Crippen LogP contribution in [0.3, 0.4) is 0 Å². The number of benzene rings is 2. The minimum atomic E-state index is -4.23. The third-order valence-corrected chi connectivity index (χ3v) is 5.70. The molecular weight excluding hydrogens is 306 g/mol. The fraction of sp³-hybridized carbons (Fsp3) is 0.200. The first-order chi connectivity index (χ1) is 10.3. The molecule has 22 heavy (non-hydrogen) atoms. The molecule has 0 unspecified atom stereocenters. The van der Waals surface area contributed by atoms with E-state index in [-0.39, 0.29) is 11.2 Å². The molecular formula is C15H15NO5S. The van der Waals surface area contributed by atoms with Gasteiger partial charge in [-0.3, -0.25) is 4.79 Å². The van der Waals surface area contributed by atoms with Crippen LogP contribution in [0.25, 0.3) is 10.8 Å². The van der Waals surface area contributed by atoms with Crippen molar-refractivity contribution in [2.75, 3.05) is 0 Å². The molecule has 116 valence electrons. The molecule has 0 saturated heterocycles. The van der Waals surface area contributed by atoms with Crippen LogP contribution in [-0.2, 0) is 19.4 Å². The predicted molar refractivity (Wildman–Crippen MR) is 81.0 cm³/mol. The molecule has 3 N–H and O–H groups in total. The van der Waals surface area contributed by atoms with Crippen molar-refractivity contribution in [3.8, 4) is 0 Å². The van der Waals surface area contributed by atoms with Crippen molar-refractivity contribution >= 4 is 32.9 Å².